The minimum absolute atomic E-state index is 0.0518. The van der Waals surface area contributed by atoms with Crippen LogP contribution in [0.15, 0.2) is 66.1 Å². The molecule has 0 bridgehead atoms. The predicted molar refractivity (Wildman–Crippen MR) is 106 cm³/mol. The maximum Gasteiger partial charge on any atom is 0.296 e. The van der Waals surface area contributed by atoms with Gasteiger partial charge in [0, 0.05) is 11.5 Å². The van der Waals surface area contributed by atoms with Crippen LogP contribution in [0.4, 0.5) is 4.39 Å². The molecule has 1 aromatic heterocycles. The second-order valence-electron chi connectivity index (χ2n) is 7.50. The Bertz CT molecular complexity index is 1100. The fourth-order valence-electron chi connectivity index (χ4n) is 3.72. The van der Waals surface area contributed by atoms with Crippen LogP contribution < -0.4 is 0 Å². The zero-order valence-electron chi connectivity index (χ0n) is 16.4. The molecule has 4 rings (SSSR count). The van der Waals surface area contributed by atoms with Crippen molar-refractivity contribution in [2.75, 3.05) is 13.2 Å². The Morgan fingerprint density at radius 3 is 2.70 bits per heavy atom. The summed E-state index contributed by atoms with van der Waals surface area (Å²) in [5, 5.41) is 4.11. The Kier molecular flexibility index (Phi) is 5.68. The standard InChI is InChI=1S/C21H22FN3O4S/c1-16-6-8-18(9-7-16)30(26,27)29-12-17-10-21(28-11-17,13-25-15-23-14-24-25)19-4-2-3-5-20(19)22/h2-9,14-15,17H,10-13H2,1H3/t17-,21-/m0/s1. The van der Waals surface area contributed by atoms with Crippen LogP contribution in [0.25, 0.3) is 0 Å². The molecule has 0 spiro atoms. The van der Waals surface area contributed by atoms with Gasteiger partial charge in [0.2, 0.25) is 0 Å². The molecule has 0 unspecified atom stereocenters. The minimum Gasteiger partial charge on any atom is -0.368 e. The average Bonchev–Trinajstić information content (AvgIpc) is 3.38. The highest BCUT2D eigenvalue weighted by molar-refractivity contribution is 7.86. The van der Waals surface area contributed by atoms with Crippen LogP contribution in [0, 0.1) is 18.7 Å². The molecule has 9 heteroatoms. The average molecular weight is 431 g/mol. The van der Waals surface area contributed by atoms with E-state index in [1.807, 2.05) is 6.92 Å². The lowest BCUT2D eigenvalue weighted by Crippen LogP contribution is -2.32. The normalized spacial score (nSPS) is 21.7. The summed E-state index contributed by atoms with van der Waals surface area (Å²) in [6.45, 7) is 2.33. The fraction of sp³-hybridized carbons (Fsp3) is 0.333. The SMILES string of the molecule is Cc1ccc(S(=O)(=O)OC[C@@H]2CO[C@@](Cn3cncn3)(c3ccccc3F)C2)cc1. The molecule has 158 valence electrons. The number of nitrogens with zero attached hydrogens (tertiary/aromatic N) is 3. The number of benzene rings is 2. The molecule has 0 radical (unpaired) electrons. The van der Waals surface area contributed by atoms with Gasteiger partial charge in [0.1, 0.15) is 24.1 Å². The molecule has 2 atom stereocenters. The van der Waals surface area contributed by atoms with Gasteiger partial charge in [0.25, 0.3) is 10.1 Å². The second kappa shape index (κ2) is 8.25. The summed E-state index contributed by atoms with van der Waals surface area (Å²) >= 11 is 0. The molecule has 0 amide bonds. The van der Waals surface area contributed by atoms with Gasteiger partial charge < -0.3 is 4.74 Å². The third-order valence-corrected chi connectivity index (χ3v) is 6.53. The molecule has 30 heavy (non-hydrogen) atoms. The van der Waals surface area contributed by atoms with Crippen molar-refractivity contribution in [1.29, 1.82) is 0 Å². The summed E-state index contributed by atoms with van der Waals surface area (Å²) in [6, 6.07) is 12.9. The van der Waals surface area contributed by atoms with Crippen molar-refractivity contribution in [3.8, 4) is 0 Å². The van der Waals surface area contributed by atoms with Gasteiger partial charge in [-0.05, 0) is 31.5 Å². The van der Waals surface area contributed by atoms with Crippen molar-refractivity contribution in [1.82, 2.24) is 14.8 Å². The number of rotatable bonds is 7. The first-order valence-corrected chi connectivity index (χ1v) is 11.0. The van der Waals surface area contributed by atoms with E-state index in [0.29, 0.717) is 12.0 Å². The van der Waals surface area contributed by atoms with Gasteiger partial charge in [-0.1, -0.05) is 35.9 Å². The van der Waals surface area contributed by atoms with E-state index < -0.39 is 15.7 Å². The van der Waals surface area contributed by atoms with E-state index in [4.69, 9.17) is 8.92 Å². The lowest BCUT2D eigenvalue weighted by atomic mass is 9.87. The lowest BCUT2D eigenvalue weighted by molar-refractivity contribution is -0.0205. The molecule has 3 aromatic rings. The zero-order chi connectivity index (χ0) is 21.2. The summed E-state index contributed by atoms with van der Waals surface area (Å²) in [5.41, 5.74) is 0.381. The van der Waals surface area contributed by atoms with E-state index in [2.05, 4.69) is 10.1 Å². The van der Waals surface area contributed by atoms with Crippen molar-refractivity contribution < 1.29 is 21.7 Å². The van der Waals surface area contributed by atoms with Crippen molar-refractivity contribution in [3.63, 3.8) is 0 Å². The van der Waals surface area contributed by atoms with E-state index in [1.54, 1.807) is 35.0 Å². The van der Waals surface area contributed by atoms with Crippen LogP contribution >= 0.6 is 0 Å². The quantitative estimate of drug-likeness (QED) is 0.535. The molecule has 0 N–H and O–H groups in total. The maximum atomic E-state index is 14.6. The largest absolute Gasteiger partial charge is 0.368 e. The molecule has 2 aromatic carbocycles. The number of hydrogen-bond donors (Lipinski definition) is 0. The molecule has 7 nitrogen and oxygen atoms in total. The van der Waals surface area contributed by atoms with Crippen LogP contribution in [-0.2, 0) is 31.2 Å². The Morgan fingerprint density at radius 1 is 1.23 bits per heavy atom. The van der Waals surface area contributed by atoms with Gasteiger partial charge in [-0.15, -0.1) is 0 Å². The maximum absolute atomic E-state index is 14.6. The van der Waals surface area contributed by atoms with Gasteiger partial charge in [-0.2, -0.15) is 13.5 Å². The third kappa shape index (κ3) is 4.28. The number of halogens is 1. The van der Waals surface area contributed by atoms with Gasteiger partial charge in [0.05, 0.1) is 24.7 Å². The van der Waals surface area contributed by atoms with Gasteiger partial charge >= 0.3 is 0 Å². The topological polar surface area (TPSA) is 83.3 Å². The summed E-state index contributed by atoms with van der Waals surface area (Å²) in [6.07, 6.45) is 3.33. The van der Waals surface area contributed by atoms with E-state index in [1.165, 1.54) is 30.9 Å². The van der Waals surface area contributed by atoms with E-state index in [9.17, 15) is 12.8 Å². The molecular formula is C21H22FN3O4S. The highest BCUT2D eigenvalue weighted by Crippen LogP contribution is 2.41. The van der Waals surface area contributed by atoms with E-state index in [-0.39, 0.29) is 36.4 Å². The Labute approximate surface area is 174 Å². The molecule has 1 aliphatic heterocycles. The Morgan fingerprint density at radius 2 is 2.00 bits per heavy atom. The lowest BCUT2D eigenvalue weighted by Gasteiger charge is -2.29. The molecule has 1 aliphatic rings. The smallest absolute Gasteiger partial charge is 0.296 e. The van der Waals surface area contributed by atoms with Crippen LogP contribution in [0.2, 0.25) is 0 Å². The molecular weight excluding hydrogens is 409 g/mol. The predicted octanol–water partition coefficient (Wildman–Crippen LogP) is 3.06. The summed E-state index contributed by atoms with van der Waals surface area (Å²) in [4.78, 5) is 4.04. The number of aryl methyl sites for hydroxylation is 1. The number of aromatic nitrogens is 3. The zero-order valence-corrected chi connectivity index (χ0v) is 17.3. The van der Waals surface area contributed by atoms with Gasteiger partial charge in [0.15, 0.2) is 0 Å². The molecule has 0 saturated carbocycles. The van der Waals surface area contributed by atoms with Crippen LogP contribution in [-0.4, -0.2) is 36.4 Å². The summed E-state index contributed by atoms with van der Waals surface area (Å²) in [7, 11) is -3.88. The molecule has 2 heterocycles. The first-order valence-electron chi connectivity index (χ1n) is 9.55. The van der Waals surface area contributed by atoms with Gasteiger partial charge in [-0.3, -0.25) is 4.18 Å². The Hall–Kier alpha value is -2.62. The highest BCUT2D eigenvalue weighted by atomic mass is 32.2. The number of hydrogen-bond acceptors (Lipinski definition) is 6. The van der Waals surface area contributed by atoms with Crippen LogP contribution in [0.3, 0.4) is 0 Å². The molecule has 0 aliphatic carbocycles. The van der Waals surface area contributed by atoms with Crippen molar-refractivity contribution in [2.45, 2.75) is 30.4 Å². The van der Waals surface area contributed by atoms with Crippen LogP contribution in [0.1, 0.15) is 17.5 Å². The van der Waals surface area contributed by atoms with E-state index >= 15 is 0 Å². The second-order valence-corrected chi connectivity index (χ2v) is 9.12. The van der Waals surface area contributed by atoms with E-state index in [0.717, 1.165) is 5.56 Å². The minimum atomic E-state index is -3.88. The fourth-order valence-corrected chi connectivity index (χ4v) is 4.69. The highest BCUT2D eigenvalue weighted by Gasteiger charge is 2.44. The van der Waals surface area contributed by atoms with Crippen LogP contribution in [0.5, 0.6) is 0 Å². The molecule has 1 fully saturated rings. The molecule has 1 saturated heterocycles. The first-order chi connectivity index (χ1) is 14.4. The summed E-state index contributed by atoms with van der Waals surface area (Å²) in [5.74, 6) is -0.611. The first kappa shape index (κ1) is 20.6. The third-order valence-electron chi connectivity index (χ3n) is 5.23. The van der Waals surface area contributed by atoms with Crippen molar-refractivity contribution in [2.24, 2.45) is 5.92 Å². The monoisotopic (exact) mass is 431 g/mol. The van der Waals surface area contributed by atoms with Gasteiger partial charge in [-0.25, -0.2) is 14.1 Å². The van der Waals surface area contributed by atoms with Crippen molar-refractivity contribution >= 4 is 10.1 Å². The summed E-state index contributed by atoms with van der Waals surface area (Å²) < 4.78 is 52.6. The number of ether oxygens (including phenoxy) is 1. The van der Waals surface area contributed by atoms with Crippen molar-refractivity contribution in [3.05, 3.63) is 78.1 Å². The Balaban J connectivity index is 1.52.